The lowest BCUT2D eigenvalue weighted by Crippen LogP contribution is -2.29. The first-order valence-electron chi connectivity index (χ1n) is 9.18. The maximum atomic E-state index is 13.0. The van der Waals surface area contributed by atoms with Crippen molar-refractivity contribution in [2.45, 2.75) is 13.0 Å². The topological polar surface area (TPSA) is 80.0 Å². The van der Waals surface area contributed by atoms with Crippen molar-refractivity contribution in [3.63, 3.8) is 0 Å². The molecule has 1 aliphatic heterocycles. The lowest BCUT2D eigenvalue weighted by atomic mass is 9.99. The predicted octanol–water partition coefficient (Wildman–Crippen LogP) is 4.99. The summed E-state index contributed by atoms with van der Waals surface area (Å²) in [5.41, 5.74) is 1.75. The monoisotopic (exact) mass is 467 g/mol. The fraction of sp³-hybridized carbons (Fsp3) is 0.130. The third-order valence-corrected chi connectivity index (χ3v) is 5.68. The number of furan rings is 1. The van der Waals surface area contributed by atoms with Gasteiger partial charge >= 0.3 is 0 Å². The SMILES string of the molecule is COc1ccc(/C(O)=C2/C(=O)C(=O)N(c3ccccc3C)C2c2ccco2)cc1Br. The number of methoxy groups -OCH3 is 1. The first kappa shape index (κ1) is 20.0. The van der Waals surface area contributed by atoms with Crippen molar-refractivity contribution in [1.82, 2.24) is 0 Å². The molecule has 0 saturated carbocycles. The Hall–Kier alpha value is -3.32. The van der Waals surface area contributed by atoms with E-state index in [0.29, 0.717) is 27.2 Å². The highest BCUT2D eigenvalue weighted by atomic mass is 79.9. The van der Waals surface area contributed by atoms with Crippen molar-refractivity contribution in [3.8, 4) is 5.75 Å². The molecule has 4 rings (SSSR count). The summed E-state index contributed by atoms with van der Waals surface area (Å²) in [7, 11) is 1.53. The highest BCUT2D eigenvalue weighted by molar-refractivity contribution is 9.10. The standard InChI is InChI=1S/C23H18BrNO5/c1-13-6-3-4-7-16(13)25-20(18-8-5-11-30-18)19(22(27)23(25)28)21(26)14-9-10-17(29-2)15(24)12-14/h3-12,20,26H,1-2H3/b21-19-. The molecule has 0 aliphatic carbocycles. The Morgan fingerprint density at radius 1 is 1.13 bits per heavy atom. The zero-order valence-corrected chi connectivity index (χ0v) is 17.8. The van der Waals surface area contributed by atoms with Crippen LogP contribution in [0.2, 0.25) is 0 Å². The molecule has 152 valence electrons. The van der Waals surface area contributed by atoms with Crippen molar-refractivity contribution < 1.29 is 23.8 Å². The van der Waals surface area contributed by atoms with E-state index < -0.39 is 17.7 Å². The summed E-state index contributed by atoms with van der Waals surface area (Å²) < 4.78 is 11.4. The number of para-hydroxylation sites is 1. The number of aryl methyl sites for hydroxylation is 1. The van der Waals surface area contributed by atoms with Gasteiger partial charge < -0.3 is 14.3 Å². The van der Waals surface area contributed by atoms with Gasteiger partial charge in [-0.25, -0.2) is 0 Å². The second-order valence-electron chi connectivity index (χ2n) is 6.82. The number of hydrogen-bond donors (Lipinski definition) is 1. The van der Waals surface area contributed by atoms with Crippen LogP contribution in [0.15, 0.2) is 75.3 Å². The molecule has 1 aromatic heterocycles. The number of aliphatic hydroxyl groups is 1. The molecular weight excluding hydrogens is 450 g/mol. The highest BCUT2D eigenvalue weighted by Crippen LogP contribution is 2.43. The maximum absolute atomic E-state index is 13.0. The highest BCUT2D eigenvalue weighted by Gasteiger charge is 2.48. The minimum absolute atomic E-state index is 0.0322. The van der Waals surface area contributed by atoms with Gasteiger partial charge in [0.2, 0.25) is 0 Å². The summed E-state index contributed by atoms with van der Waals surface area (Å²) in [6.07, 6.45) is 1.47. The number of carbonyl (C=O) groups is 2. The molecule has 1 N–H and O–H groups in total. The summed E-state index contributed by atoms with van der Waals surface area (Å²) >= 11 is 3.38. The Morgan fingerprint density at radius 2 is 1.90 bits per heavy atom. The molecule has 1 atom stereocenters. The summed E-state index contributed by atoms with van der Waals surface area (Å²) in [5, 5.41) is 11.1. The molecule has 1 saturated heterocycles. The zero-order chi connectivity index (χ0) is 21.4. The van der Waals surface area contributed by atoms with Gasteiger partial charge in [0.25, 0.3) is 11.7 Å². The van der Waals surface area contributed by atoms with Gasteiger partial charge in [0.1, 0.15) is 23.3 Å². The van der Waals surface area contributed by atoms with Crippen LogP contribution in [-0.2, 0) is 9.59 Å². The Bertz CT molecular complexity index is 1170. The number of ether oxygens (including phenoxy) is 1. The van der Waals surface area contributed by atoms with Crippen LogP contribution in [0.4, 0.5) is 5.69 Å². The molecule has 30 heavy (non-hydrogen) atoms. The molecule has 0 radical (unpaired) electrons. The lowest BCUT2D eigenvalue weighted by Gasteiger charge is -2.24. The smallest absolute Gasteiger partial charge is 0.300 e. The first-order chi connectivity index (χ1) is 14.4. The molecule has 1 aliphatic rings. The largest absolute Gasteiger partial charge is 0.507 e. The number of aliphatic hydroxyl groups excluding tert-OH is 1. The number of anilines is 1. The summed E-state index contributed by atoms with van der Waals surface area (Å²) in [5.74, 6) is -0.820. The molecule has 7 heteroatoms. The average molecular weight is 468 g/mol. The number of amides is 1. The minimum Gasteiger partial charge on any atom is -0.507 e. The average Bonchev–Trinajstić information content (AvgIpc) is 3.35. The third kappa shape index (κ3) is 3.21. The number of carbonyl (C=O) groups excluding carboxylic acids is 2. The van der Waals surface area contributed by atoms with Crippen LogP contribution in [0.25, 0.3) is 5.76 Å². The van der Waals surface area contributed by atoms with Crippen LogP contribution in [0.5, 0.6) is 5.75 Å². The number of ketones is 1. The third-order valence-electron chi connectivity index (χ3n) is 5.06. The van der Waals surface area contributed by atoms with Crippen molar-refractivity contribution in [2.75, 3.05) is 12.0 Å². The quantitative estimate of drug-likeness (QED) is 0.332. The van der Waals surface area contributed by atoms with Crippen molar-refractivity contribution in [3.05, 3.63) is 87.8 Å². The van der Waals surface area contributed by atoms with Crippen LogP contribution in [0.1, 0.15) is 22.9 Å². The van der Waals surface area contributed by atoms with Crippen LogP contribution in [0, 0.1) is 6.92 Å². The van der Waals surface area contributed by atoms with E-state index in [1.807, 2.05) is 19.1 Å². The Labute approximate surface area is 181 Å². The van der Waals surface area contributed by atoms with Gasteiger partial charge in [-0.05, 0) is 64.8 Å². The fourth-order valence-electron chi connectivity index (χ4n) is 3.60. The Kier molecular flexibility index (Phi) is 5.22. The van der Waals surface area contributed by atoms with Crippen LogP contribution < -0.4 is 9.64 Å². The molecule has 3 aromatic rings. The van der Waals surface area contributed by atoms with E-state index in [9.17, 15) is 14.7 Å². The first-order valence-corrected chi connectivity index (χ1v) is 9.97. The fourth-order valence-corrected chi connectivity index (χ4v) is 4.14. The Morgan fingerprint density at radius 3 is 2.53 bits per heavy atom. The van der Waals surface area contributed by atoms with E-state index in [2.05, 4.69) is 15.9 Å². The number of nitrogens with zero attached hydrogens (tertiary/aromatic N) is 1. The van der Waals surface area contributed by atoms with Gasteiger partial charge in [0.05, 0.1) is 23.4 Å². The number of hydrogen-bond acceptors (Lipinski definition) is 5. The van der Waals surface area contributed by atoms with Crippen molar-refractivity contribution in [1.29, 1.82) is 0 Å². The lowest BCUT2D eigenvalue weighted by molar-refractivity contribution is -0.132. The molecule has 1 amide bonds. The summed E-state index contributed by atoms with van der Waals surface area (Å²) in [6.45, 7) is 1.86. The summed E-state index contributed by atoms with van der Waals surface area (Å²) in [4.78, 5) is 27.5. The normalized spacial score (nSPS) is 18.1. The zero-order valence-electron chi connectivity index (χ0n) is 16.3. The van der Waals surface area contributed by atoms with Gasteiger partial charge in [0, 0.05) is 11.3 Å². The molecular formula is C23H18BrNO5. The minimum atomic E-state index is -0.887. The second kappa shape index (κ2) is 7.84. The van der Waals surface area contributed by atoms with Crippen molar-refractivity contribution >= 4 is 39.1 Å². The van der Waals surface area contributed by atoms with Gasteiger partial charge in [-0.1, -0.05) is 18.2 Å². The summed E-state index contributed by atoms with van der Waals surface area (Å²) in [6, 6.07) is 14.7. The predicted molar refractivity (Wildman–Crippen MR) is 115 cm³/mol. The van der Waals surface area contributed by atoms with Gasteiger partial charge in [-0.2, -0.15) is 0 Å². The molecule has 6 nitrogen and oxygen atoms in total. The molecule has 0 bridgehead atoms. The van der Waals surface area contributed by atoms with Crippen LogP contribution in [-0.4, -0.2) is 23.9 Å². The van der Waals surface area contributed by atoms with E-state index in [4.69, 9.17) is 9.15 Å². The van der Waals surface area contributed by atoms with E-state index in [-0.39, 0.29) is 11.3 Å². The number of benzene rings is 2. The number of rotatable bonds is 4. The van der Waals surface area contributed by atoms with Gasteiger partial charge in [0.15, 0.2) is 0 Å². The Balaban J connectivity index is 1.93. The maximum Gasteiger partial charge on any atom is 0.300 e. The molecule has 1 fully saturated rings. The van der Waals surface area contributed by atoms with E-state index in [1.165, 1.54) is 18.3 Å². The number of Topliss-reactive ketones (excluding diaryl/α,β-unsaturated/α-hetero) is 1. The number of halogens is 1. The van der Waals surface area contributed by atoms with E-state index >= 15 is 0 Å². The van der Waals surface area contributed by atoms with E-state index in [0.717, 1.165) is 5.56 Å². The molecule has 2 aromatic carbocycles. The van der Waals surface area contributed by atoms with Crippen LogP contribution >= 0.6 is 15.9 Å². The second-order valence-corrected chi connectivity index (χ2v) is 7.67. The van der Waals surface area contributed by atoms with Crippen molar-refractivity contribution in [2.24, 2.45) is 0 Å². The van der Waals surface area contributed by atoms with E-state index in [1.54, 1.807) is 42.5 Å². The van der Waals surface area contributed by atoms with Crippen LogP contribution in [0.3, 0.4) is 0 Å². The van der Waals surface area contributed by atoms with Gasteiger partial charge in [-0.3, -0.25) is 14.5 Å². The molecule has 2 heterocycles. The molecule has 0 spiro atoms. The van der Waals surface area contributed by atoms with Gasteiger partial charge in [-0.15, -0.1) is 0 Å². The molecule has 1 unspecified atom stereocenters.